The van der Waals surface area contributed by atoms with Gasteiger partial charge in [0, 0.05) is 24.7 Å². The molecule has 0 amide bonds. The van der Waals surface area contributed by atoms with Gasteiger partial charge in [-0.1, -0.05) is 6.92 Å². The minimum absolute atomic E-state index is 0.0746. The summed E-state index contributed by atoms with van der Waals surface area (Å²) in [5, 5.41) is 0. The van der Waals surface area contributed by atoms with Gasteiger partial charge in [0.2, 0.25) is 0 Å². The highest BCUT2D eigenvalue weighted by Crippen LogP contribution is 2.44. The summed E-state index contributed by atoms with van der Waals surface area (Å²) in [5.74, 6) is -1.89. The Morgan fingerprint density at radius 3 is 2.56 bits per heavy atom. The monoisotopic (exact) mass is 229 g/mol. The molecule has 1 aliphatic carbocycles. The van der Waals surface area contributed by atoms with Crippen molar-refractivity contribution in [1.82, 2.24) is 4.57 Å². The van der Waals surface area contributed by atoms with Crippen molar-refractivity contribution in [2.24, 2.45) is 7.05 Å². The van der Waals surface area contributed by atoms with Gasteiger partial charge < -0.3 is 4.57 Å². The molecule has 0 radical (unpaired) electrons. The topological polar surface area (TPSA) is 4.93 Å². The second-order valence-corrected chi connectivity index (χ2v) is 4.13. The Kier molecular flexibility index (Phi) is 2.60. The van der Waals surface area contributed by atoms with E-state index < -0.39 is 24.2 Å². The molecule has 0 aliphatic heterocycles. The van der Waals surface area contributed by atoms with Crippen molar-refractivity contribution in [3.8, 4) is 0 Å². The maximum Gasteiger partial charge on any atom is 0.178 e. The molecule has 4 heteroatoms. The standard InChI is InChI=1S/C12H14F3N/c1-4-7-6(2)16(3)12-10(7)8(13)5-9(14)11(12)15/h8H,4-5H2,1-3H3. The van der Waals surface area contributed by atoms with Crippen molar-refractivity contribution in [1.29, 1.82) is 0 Å². The van der Waals surface area contributed by atoms with Crippen LogP contribution in [0.25, 0.3) is 5.83 Å². The van der Waals surface area contributed by atoms with E-state index >= 15 is 0 Å². The first-order chi connectivity index (χ1) is 7.49. The van der Waals surface area contributed by atoms with E-state index in [1.807, 2.05) is 6.92 Å². The summed E-state index contributed by atoms with van der Waals surface area (Å²) < 4.78 is 42.2. The minimum Gasteiger partial charge on any atom is -0.345 e. The van der Waals surface area contributed by atoms with Crippen molar-refractivity contribution >= 4 is 5.83 Å². The summed E-state index contributed by atoms with van der Waals surface area (Å²) in [6, 6.07) is 0. The summed E-state index contributed by atoms with van der Waals surface area (Å²) >= 11 is 0. The lowest BCUT2D eigenvalue weighted by Gasteiger charge is -2.17. The number of hydrogen-bond acceptors (Lipinski definition) is 0. The summed E-state index contributed by atoms with van der Waals surface area (Å²) in [6.07, 6.45) is -1.27. The average molecular weight is 229 g/mol. The molecule has 1 aromatic heterocycles. The summed E-state index contributed by atoms with van der Waals surface area (Å²) in [7, 11) is 1.64. The van der Waals surface area contributed by atoms with Crippen LogP contribution in [0.1, 0.15) is 42.0 Å². The number of rotatable bonds is 1. The smallest absolute Gasteiger partial charge is 0.178 e. The van der Waals surface area contributed by atoms with Gasteiger partial charge in [-0.05, 0) is 18.9 Å². The molecule has 0 fully saturated rings. The van der Waals surface area contributed by atoms with Crippen molar-refractivity contribution in [3.05, 3.63) is 28.3 Å². The molecule has 16 heavy (non-hydrogen) atoms. The number of allylic oxidation sites excluding steroid dienone is 1. The van der Waals surface area contributed by atoms with Gasteiger partial charge in [0.05, 0.1) is 5.69 Å². The normalized spacial score (nSPS) is 20.2. The Labute approximate surface area is 92.6 Å². The van der Waals surface area contributed by atoms with E-state index in [4.69, 9.17) is 0 Å². The predicted octanol–water partition coefficient (Wildman–Crippen LogP) is 3.92. The van der Waals surface area contributed by atoms with Gasteiger partial charge in [0.15, 0.2) is 5.83 Å². The SMILES string of the molecule is CCc1c2c(n(C)c1C)C(F)=C(F)CC2F. The van der Waals surface area contributed by atoms with E-state index in [-0.39, 0.29) is 5.69 Å². The average Bonchev–Trinajstić information content (AvgIpc) is 2.49. The molecule has 1 aliphatic rings. The van der Waals surface area contributed by atoms with Gasteiger partial charge in [0.25, 0.3) is 0 Å². The lowest BCUT2D eigenvalue weighted by Crippen LogP contribution is -2.07. The van der Waals surface area contributed by atoms with Gasteiger partial charge in [-0.2, -0.15) is 0 Å². The molecule has 0 saturated heterocycles. The molecule has 88 valence electrons. The van der Waals surface area contributed by atoms with Crippen LogP contribution in [0.15, 0.2) is 5.83 Å². The largest absolute Gasteiger partial charge is 0.345 e. The first-order valence-corrected chi connectivity index (χ1v) is 5.35. The van der Waals surface area contributed by atoms with E-state index in [0.717, 1.165) is 11.3 Å². The van der Waals surface area contributed by atoms with Gasteiger partial charge in [-0.3, -0.25) is 0 Å². The molecule has 1 aromatic rings. The highest BCUT2D eigenvalue weighted by atomic mass is 19.2. The zero-order valence-electron chi connectivity index (χ0n) is 9.57. The highest BCUT2D eigenvalue weighted by molar-refractivity contribution is 5.67. The number of hydrogen-bond donors (Lipinski definition) is 0. The van der Waals surface area contributed by atoms with Crippen molar-refractivity contribution in [2.75, 3.05) is 0 Å². The van der Waals surface area contributed by atoms with Gasteiger partial charge in [-0.15, -0.1) is 0 Å². The Morgan fingerprint density at radius 1 is 1.38 bits per heavy atom. The van der Waals surface area contributed by atoms with Gasteiger partial charge in [-0.25, -0.2) is 13.2 Å². The van der Waals surface area contributed by atoms with Crippen LogP contribution < -0.4 is 0 Å². The number of nitrogens with zero attached hydrogens (tertiary/aromatic N) is 1. The van der Waals surface area contributed by atoms with E-state index in [1.54, 1.807) is 14.0 Å². The molecule has 0 saturated carbocycles. The van der Waals surface area contributed by atoms with Gasteiger partial charge in [0.1, 0.15) is 12.0 Å². The van der Waals surface area contributed by atoms with Crippen molar-refractivity contribution in [3.63, 3.8) is 0 Å². The van der Waals surface area contributed by atoms with Crippen LogP contribution in [0.2, 0.25) is 0 Å². The molecule has 0 aromatic carbocycles. The lowest BCUT2D eigenvalue weighted by atomic mass is 9.95. The Hall–Kier alpha value is -1.19. The molecule has 1 unspecified atom stereocenters. The van der Waals surface area contributed by atoms with Gasteiger partial charge >= 0.3 is 0 Å². The fourth-order valence-corrected chi connectivity index (χ4v) is 2.42. The molecule has 1 nitrogen and oxygen atoms in total. The summed E-state index contributed by atoms with van der Waals surface area (Å²) in [5.41, 5.74) is 2.01. The Balaban J connectivity index is 2.77. The number of aromatic nitrogens is 1. The maximum absolute atomic E-state index is 13.8. The molecule has 0 spiro atoms. The van der Waals surface area contributed by atoms with Crippen molar-refractivity contribution in [2.45, 2.75) is 32.9 Å². The Bertz CT molecular complexity index is 471. The quantitative estimate of drug-likeness (QED) is 0.687. The first-order valence-electron chi connectivity index (χ1n) is 5.35. The van der Waals surface area contributed by atoms with Crippen molar-refractivity contribution < 1.29 is 13.2 Å². The molecule has 0 bridgehead atoms. The third-order valence-electron chi connectivity index (χ3n) is 3.33. The molecule has 1 heterocycles. The zero-order valence-corrected chi connectivity index (χ0v) is 9.57. The van der Waals surface area contributed by atoms with E-state index in [9.17, 15) is 13.2 Å². The molecular weight excluding hydrogens is 215 g/mol. The second kappa shape index (κ2) is 3.68. The van der Waals surface area contributed by atoms with Crippen LogP contribution in [-0.2, 0) is 13.5 Å². The fourth-order valence-electron chi connectivity index (χ4n) is 2.42. The summed E-state index contributed by atoms with van der Waals surface area (Å²) in [6.45, 7) is 3.69. The van der Waals surface area contributed by atoms with E-state index in [1.165, 1.54) is 4.57 Å². The summed E-state index contributed by atoms with van der Waals surface area (Å²) in [4.78, 5) is 0. The third-order valence-corrected chi connectivity index (χ3v) is 3.33. The predicted molar refractivity (Wildman–Crippen MR) is 57.1 cm³/mol. The minimum atomic E-state index is -1.43. The van der Waals surface area contributed by atoms with Crippen LogP contribution in [0.5, 0.6) is 0 Å². The van der Waals surface area contributed by atoms with Crippen LogP contribution in [0.4, 0.5) is 13.2 Å². The van der Waals surface area contributed by atoms with E-state index in [0.29, 0.717) is 12.0 Å². The van der Waals surface area contributed by atoms with E-state index in [2.05, 4.69) is 0 Å². The third kappa shape index (κ3) is 1.32. The number of fused-ring (bicyclic) bond motifs is 1. The highest BCUT2D eigenvalue weighted by Gasteiger charge is 2.33. The maximum atomic E-state index is 13.8. The van der Waals surface area contributed by atoms with Crippen LogP contribution in [0, 0.1) is 6.92 Å². The fraction of sp³-hybridized carbons (Fsp3) is 0.500. The second-order valence-electron chi connectivity index (χ2n) is 4.13. The Morgan fingerprint density at radius 2 is 2.00 bits per heavy atom. The zero-order chi connectivity index (χ0) is 12.0. The number of halogens is 3. The molecule has 0 N–H and O–H groups in total. The van der Waals surface area contributed by atoms with Crippen LogP contribution >= 0.6 is 0 Å². The number of alkyl halides is 1. The lowest BCUT2D eigenvalue weighted by molar-refractivity contribution is 0.311. The van der Waals surface area contributed by atoms with Crippen LogP contribution in [0.3, 0.4) is 0 Å². The van der Waals surface area contributed by atoms with Crippen LogP contribution in [-0.4, -0.2) is 4.57 Å². The molecular formula is C12H14F3N. The molecule has 2 rings (SSSR count). The molecule has 1 atom stereocenters. The first kappa shape index (κ1) is 11.3.